The molecule has 3 heterocycles. The molecule has 0 unspecified atom stereocenters. The molecule has 0 saturated carbocycles. The Kier molecular flexibility index (Phi) is 5.29. The van der Waals surface area contributed by atoms with Crippen molar-refractivity contribution in [2.45, 2.75) is 45.7 Å². The minimum absolute atomic E-state index is 0.160. The SMILES string of the molecule is CC(=O)N1CCC(Nc2cc(-c3ccc4ccn(C(C)C)c4c3)c3nccnc3c2)CC1. The van der Waals surface area contributed by atoms with Crippen molar-refractivity contribution in [3.05, 3.63) is 55.0 Å². The average Bonchev–Trinajstić information content (AvgIpc) is 3.22. The summed E-state index contributed by atoms with van der Waals surface area (Å²) in [5.74, 6) is 0.160. The number of anilines is 1. The van der Waals surface area contributed by atoms with Gasteiger partial charge in [-0.2, -0.15) is 0 Å². The Morgan fingerprint density at radius 2 is 1.84 bits per heavy atom. The molecule has 1 saturated heterocycles. The summed E-state index contributed by atoms with van der Waals surface area (Å²) >= 11 is 0. The summed E-state index contributed by atoms with van der Waals surface area (Å²) in [5.41, 5.74) is 6.29. The minimum atomic E-state index is 0.160. The van der Waals surface area contributed by atoms with E-state index in [1.165, 1.54) is 10.9 Å². The highest BCUT2D eigenvalue weighted by Gasteiger charge is 2.21. The Morgan fingerprint density at radius 1 is 1.06 bits per heavy atom. The molecule has 1 amide bonds. The van der Waals surface area contributed by atoms with Gasteiger partial charge in [0.1, 0.15) is 0 Å². The molecule has 6 nitrogen and oxygen atoms in total. The van der Waals surface area contributed by atoms with E-state index in [1.807, 2.05) is 4.90 Å². The number of carbonyl (C=O) groups excluding carboxylic acids is 1. The Morgan fingerprint density at radius 3 is 2.59 bits per heavy atom. The molecular weight excluding hydrogens is 398 g/mol. The lowest BCUT2D eigenvalue weighted by Crippen LogP contribution is -2.41. The summed E-state index contributed by atoms with van der Waals surface area (Å²) in [4.78, 5) is 22.8. The number of aromatic nitrogens is 3. The number of hydrogen-bond donors (Lipinski definition) is 1. The number of nitrogens with zero attached hydrogens (tertiary/aromatic N) is 4. The Labute approximate surface area is 188 Å². The third kappa shape index (κ3) is 3.81. The molecule has 5 rings (SSSR count). The molecule has 1 aliphatic heterocycles. The third-order valence-corrected chi connectivity index (χ3v) is 6.48. The predicted octanol–water partition coefficient (Wildman–Crippen LogP) is 5.26. The number of likely N-dealkylation sites (tertiary alicyclic amines) is 1. The van der Waals surface area contributed by atoms with Gasteiger partial charge in [0.2, 0.25) is 5.91 Å². The van der Waals surface area contributed by atoms with Crippen molar-refractivity contribution < 1.29 is 4.79 Å². The van der Waals surface area contributed by atoms with E-state index in [4.69, 9.17) is 0 Å². The van der Waals surface area contributed by atoms with Crippen LogP contribution in [0.1, 0.15) is 39.7 Å². The second kappa shape index (κ2) is 8.26. The number of hydrogen-bond acceptors (Lipinski definition) is 4. The second-order valence-electron chi connectivity index (χ2n) is 8.96. The van der Waals surface area contributed by atoms with Crippen LogP contribution in [0.15, 0.2) is 55.0 Å². The van der Waals surface area contributed by atoms with Gasteiger partial charge in [-0.15, -0.1) is 0 Å². The molecule has 6 heteroatoms. The van der Waals surface area contributed by atoms with Crippen molar-refractivity contribution in [3.8, 4) is 11.1 Å². The van der Waals surface area contributed by atoms with Crippen molar-refractivity contribution in [3.63, 3.8) is 0 Å². The zero-order valence-electron chi connectivity index (χ0n) is 18.9. The normalized spacial score (nSPS) is 15.1. The van der Waals surface area contributed by atoms with Gasteiger partial charge in [-0.05, 0) is 61.9 Å². The zero-order valence-corrected chi connectivity index (χ0v) is 18.9. The molecule has 0 aliphatic carbocycles. The van der Waals surface area contributed by atoms with Crippen molar-refractivity contribution in [2.24, 2.45) is 0 Å². The molecule has 0 spiro atoms. The van der Waals surface area contributed by atoms with Crippen molar-refractivity contribution in [1.82, 2.24) is 19.4 Å². The van der Waals surface area contributed by atoms with Crippen LogP contribution in [0.25, 0.3) is 33.1 Å². The number of amides is 1. The van der Waals surface area contributed by atoms with E-state index in [0.717, 1.165) is 53.8 Å². The molecule has 1 N–H and O–H groups in total. The monoisotopic (exact) mass is 427 g/mol. The van der Waals surface area contributed by atoms with E-state index < -0.39 is 0 Å². The lowest BCUT2D eigenvalue weighted by atomic mass is 10.00. The zero-order chi connectivity index (χ0) is 22.2. The van der Waals surface area contributed by atoms with Gasteiger partial charge in [0, 0.05) is 67.5 Å². The second-order valence-corrected chi connectivity index (χ2v) is 8.96. The lowest BCUT2D eigenvalue weighted by molar-refractivity contribution is -0.129. The highest BCUT2D eigenvalue weighted by molar-refractivity contribution is 5.97. The molecule has 2 aromatic heterocycles. The highest BCUT2D eigenvalue weighted by Crippen LogP contribution is 2.33. The van der Waals surface area contributed by atoms with Crippen molar-refractivity contribution in [2.75, 3.05) is 18.4 Å². The maximum atomic E-state index is 11.6. The molecule has 2 aromatic carbocycles. The minimum Gasteiger partial charge on any atom is -0.382 e. The molecule has 0 radical (unpaired) electrons. The third-order valence-electron chi connectivity index (χ3n) is 6.48. The van der Waals surface area contributed by atoms with Gasteiger partial charge in [-0.25, -0.2) is 0 Å². The number of benzene rings is 2. The summed E-state index contributed by atoms with van der Waals surface area (Å²) in [6, 6.07) is 13.8. The molecule has 0 bridgehead atoms. The van der Waals surface area contributed by atoms with Crippen LogP contribution in [-0.2, 0) is 4.79 Å². The number of nitrogens with one attached hydrogen (secondary N) is 1. The van der Waals surface area contributed by atoms with Gasteiger partial charge in [0.05, 0.1) is 11.0 Å². The number of piperidine rings is 1. The van der Waals surface area contributed by atoms with Gasteiger partial charge < -0.3 is 14.8 Å². The van der Waals surface area contributed by atoms with Crippen LogP contribution >= 0.6 is 0 Å². The molecule has 1 aliphatic rings. The smallest absolute Gasteiger partial charge is 0.219 e. The predicted molar refractivity (Wildman–Crippen MR) is 130 cm³/mol. The fourth-order valence-electron chi connectivity index (χ4n) is 4.72. The summed E-state index contributed by atoms with van der Waals surface area (Å²) < 4.78 is 2.30. The van der Waals surface area contributed by atoms with Gasteiger partial charge in [0.15, 0.2) is 0 Å². The van der Waals surface area contributed by atoms with Gasteiger partial charge >= 0.3 is 0 Å². The van der Waals surface area contributed by atoms with Crippen LogP contribution in [0.2, 0.25) is 0 Å². The summed E-state index contributed by atoms with van der Waals surface area (Å²) in [6.07, 6.45) is 7.55. The van der Waals surface area contributed by atoms with Crippen LogP contribution in [0, 0.1) is 0 Å². The Bertz CT molecular complexity index is 1280. The van der Waals surface area contributed by atoms with Crippen LogP contribution in [0.5, 0.6) is 0 Å². The fourth-order valence-corrected chi connectivity index (χ4v) is 4.72. The quantitative estimate of drug-likeness (QED) is 0.483. The van der Waals surface area contributed by atoms with Crippen LogP contribution < -0.4 is 5.32 Å². The van der Waals surface area contributed by atoms with Crippen molar-refractivity contribution in [1.29, 1.82) is 0 Å². The van der Waals surface area contributed by atoms with Crippen LogP contribution in [0.4, 0.5) is 5.69 Å². The topological polar surface area (TPSA) is 63.1 Å². The Hall–Kier alpha value is -3.41. The van der Waals surface area contributed by atoms with E-state index in [1.54, 1.807) is 19.3 Å². The first kappa shape index (κ1) is 20.5. The first-order valence-electron chi connectivity index (χ1n) is 11.4. The van der Waals surface area contributed by atoms with E-state index in [9.17, 15) is 4.79 Å². The van der Waals surface area contributed by atoms with Crippen molar-refractivity contribution >= 4 is 33.5 Å². The molecule has 164 valence electrons. The molecule has 1 fully saturated rings. The standard InChI is InChI=1S/C26H29N5O/c1-17(2)31-13-6-19-4-5-20(14-25(19)31)23-15-22(16-24-26(23)28-10-9-27-24)29-21-7-11-30(12-8-21)18(3)32/h4-6,9-10,13-17,21,29H,7-8,11-12H2,1-3H3. The fraction of sp³-hybridized carbons (Fsp3) is 0.346. The van der Waals surface area contributed by atoms with E-state index >= 15 is 0 Å². The number of carbonyl (C=O) groups is 1. The summed E-state index contributed by atoms with van der Waals surface area (Å²) in [5, 5.41) is 4.93. The first-order valence-corrected chi connectivity index (χ1v) is 11.4. The first-order chi connectivity index (χ1) is 15.5. The lowest BCUT2D eigenvalue weighted by Gasteiger charge is -2.32. The van der Waals surface area contributed by atoms with E-state index in [2.05, 4.69) is 76.3 Å². The van der Waals surface area contributed by atoms with Gasteiger partial charge in [-0.3, -0.25) is 14.8 Å². The molecular formula is C26H29N5O. The van der Waals surface area contributed by atoms with Crippen LogP contribution in [-0.4, -0.2) is 44.5 Å². The maximum Gasteiger partial charge on any atom is 0.219 e. The highest BCUT2D eigenvalue weighted by atomic mass is 16.2. The maximum absolute atomic E-state index is 11.6. The van der Waals surface area contributed by atoms with E-state index in [0.29, 0.717) is 12.1 Å². The molecule has 32 heavy (non-hydrogen) atoms. The van der Waals surface area contributed by atoms with Crippen LogP contribution in [0.3, 0.4) is 0 Å². The molecule has 0 atom stereocenters. The van der Waals surface area contributed by atoms with E-state index in [-0.39, 0.29) is 5.91 Å². The number of fused-ring (bicyclic) bond motifs is 2. The van der Waals surface area contributed by atoms with Gasteiger partial charge in [0.25, 0.3) is 0 Å². The largest absolute Gasteiger partial charge is 0.382 e. The summed E-state index contributed by atoms with van der Waals surface area (Å²) in [7, 11) is 0. The Balaban J connectivity index is 1.53. The molecule has 4 aromatic rings. The average molecular weight is 428 g/mol. The summed E-state index contributed by atoms with van der Waals surface area (Å²) in [6.45, 7) is 7.66. The number of rotatable bonds is 4. The van der Waals surface area contributed by atoms with Gasteiger partial charge in [-0.1, -0.05) is 12.1 Å².